The van der Waals surface area contributed by atoms with Gasteiger partial charge >= 0.3 is 0 Å². The van der Waals surface area contributed by atoms with Crippen molar-refractivity contribution < 1.29 is 9.13 Å². The first-order valence-corrected chi connectivity index (χ1v) is 8.31. The van der Waals surface area contributed by atoms with E-state index in [0.29, 0.717) is 0 Å². The summed E-state index contributed by atoms with van der Waals surface area (Å²) < 4.78 is 19.0. The maximum atomic E-state index is 13.0. The molecular formula is C18H30FNO. The Balaban J connectivity index is 2.39. The Labute approximate surface area is 128 Å². The second kappa shape index (κ2) is 10.7. The predicted octanol–water partition coefficient (Wildman–Crippen LogP) is 4.98. The molecule has 1 aromatic carbocycles. The van der Waals surface area contributed by atoms with Crippen LogP contribution in [0.15, 0.2) is 24.3 Å². The van der Waals surface area contributed by atoms with E-state index in [2.05, 4.69) is 13.8 Å². The monoisotopic (exact) mass is 295 g/mol. The van der Waals surface area contributed by atoms with Crippen molar-refractivity contribution in [1.82, 2.24) is 0 Å². The molecule has 0 aliphatic rings. The van der Waals surface area contributed by atoms with Gasteiger partial charge in [-0.2, -0.15) is 0 Å². The fourth-order valence-corrected chi connectivity index (χ4v) is 2.43. The topological polar surface area (TPSA) is 35.2 Å². The van der Waals surface area contributed by atoms with E-state index in [4.69, 9.17) is 10.5 Å². The molecule has 0 aromatic heterocycles. The highest BCUT2D eigenvalue weighted by molar-refractivity contribution is 5.20. The molecule has 0 bridgehead atoms. The number of unbranched alkanes of at least 4 members (excludes halogenated alkanes) is 5. The summed E-state index contributed by atoms with van der Waals surface area (Å²) in [4.78, 5) is 0. The van der Waals surface area contributed by atoms with Gasteiger partial charge in [0.2, 0.25) is 0 Å². The van der Waals surface area contributed by atoms with Crippen molar-refractivity contribution in [2.45, 2.75) is 70.9 Å². The fraction of sp³-hybridized carbons (Fsp3) is 0.667. The molecule has 0 saturated carbocycles. The van der Waals surface area contributed by atoms with E-state index in [1.54, 1.807) is 12.1 Å². The molecule has 3 heteroatoms. The summed E-state index contributed by atoms with van der Waals surface area (Å²) >= 11 is 0. The van der Waals surface area contributed by atoms with Crippen LogP contribution in [0, 0.1) is 5.82 Å². The number of rotatable bonds is 11. The number of benzene rings is 1. The van der Waals surface area contributed by atoms with Gasteiger partial charge in [0, 0.05) is 12.6 Å². The summed E-state index contributed by atoms with van der Waals surface area (Å²) in [6.07, 6.45) is 8.17. The third-order valence-electron chi connectivity index (χ3n) is 3.85. The van der Waals surface area contributed by atoms with Gasteiger partial charge in [-0.1, -0.05) is 58.1 Å². The average molecular weight is 295 g/mol. The Bertz CT molecular complexity index is 366. The highest BCUT2D eigenvalue weighted by atomic mass is 19.1. The maximum Gasteiger partial charge on any atom is 0.123 e. The van der Waals surface area contributed by atoms with Crippen molar-refractivity contribution in [2.24, 2.45) is 5.73 Å². The molecule has 0 heterocycles. The molecule has 2 N–H and O–H groups in total. The molecule has 2 unspecified atom stereocenters. The second-order valence-corrected chi connectivity index (χ2v) is 5.68. The van der Waals surface area contributed by atoms with Crippen molar-refractivity contribution in [3.63, 3.8) is 0 Å². The SMILES string of the molecule is CCCCCCCCOC(c1ccc(F)cc1)C(N)CC. The fourth-order valence-electron chi connectivity index (χ4n) is 2.43. The van der Waals surface area contributed by atoms with Crippen LogP contribution in [0.2, 0.25) is 0 Å². The number of ether oxygens (including phenoxy) is 1. The molecule has 0 radical (unpaired) electrons. The van der Waals surface area contributed by atoms with Crippen LogP contribution >= 0.6 is 0 Å². The third kappa shape index (κ3) is 7.05. The summed E-state index contributed by atoms with van der Waals surface area (Å²) in [6, 6.07) is 6.45. The molecule has 120 valence electrons. The van der Waals surface area contributed by atoms with Gasteiger partial charge in [0.25, 0.3) is 0 Å². The molecule has 0 aliphatic heterocycles. The highest BCUT2D eigenvalue weighted by Crippen LogP contribution is 2.23. The van der Waals surface area contributed by atoms with Crippen LogP contribution in [0.4, 0.5) is 4.39 Å². The van der Waals surface area contributed by atoms with Gasteiger partial charge in [0.15, 0.2) is 0 Å². The van der Waals surface area contributed by atoms with Gasteiger partial charge in [0.05, 0.1) is 6.10 Å². The van der Waals surface area contributed by atoms with Gasteiger partial charge in [-0.25, -0.2) is 4.39 Å². The zero-order valence-electron chi connectivity index (χ0n) is 13.5. The van der Waals surface area contributed by atoms with Crippen molar-refractivity contribution in [2.75, 3.05) is 6.61 Å². The first-order valence-electron chi connectivity index (χ1n) is 8.31. The highest BCUT2D eigenvalue weighted by Gasteiger charge is 2.19. The Morgan fingerprint density at radius 3 is 2.24 bits per heavy atom. The van der Waals surface area contributed by atoms with Gasteiger partial charge in [-0.15, -0.1) is 0 Å². The molecule has 0 spiro atoms. The zero-order chi connectivity index (χ0) is 15.5. The van der Waals surface area contributed by atoms with Crippen LogP contribution in [0.5, 0.6) is 0 Å². The van der Waals surface area contributed by atoms with Gasteiger partial charge in [-0.05, 0) is 30.5 Å². The first-order chi connectivity index (χ1) is 10.2. The molecule has 21 heavy (non-hydrogen) atoms. The van der Waals surface area contributed by atoms with Crippen molar-refractivity contribution in [1.29, 1.82) is 0 Å². The molecule has 0 fully saturated rings. The van der Waals surface area contributed by atoms with E-state index < -0.39 is 0 Å². The summed E-state index contributed by atoms with van der Waals surface area (Å²) in [7, 11) is 0. The minimum absolute atomic E-state index is 0.0458. The summed E-state index contributed by atoms with van der Waals surface area (Å²) in [6.45, 7) is 5.00. The molecular weight excluding hydrogens is 265 g/mol. The van der Waals surface area contributed by atoms with E-state index in [1.165, 1.54) is 44.2 Å². The standard InChI is InChI=1S/C18H30FNO/c1-3-5-6-7-8-9-14-21-18(17(20)4-2)15-10-12-16(19)13-11-15/h10-13,17-18H,3-9,14,20H2,1-2H3. The van der Waals surface area contributed by atoms with E-state index >= 15 is 0 Å². The lowest BCUT2D eigenvalue weighted by molar-refractivity contribution is 0.0310. The van der Waals surface area contributed by atoms with Crippen LogP contribution < -0.4 is 5.73 Å². The quantitative estimate of drug-likeness (QED) is 0.584. The minimum atomic E-state index is -0.224. The normalized spacial score (nSPS) is 14.1. The molecule has 2 atom stereocenters. The summed E-state index contributed by atoms with van der Waals surface area (Å²) in [5.74, 6) is -0.224. The van der Waals surface area contributed by atoms with E-state index in [9.17, 15) is 4.39 Å². The van der Waals surface area contributed by atoms with E-state index in [-0.39, 0.29) is 18.0 Å². The van der Waals surface area contributed by atoms with Gasteiger partial charge in [-0.3, -0.25) is 0 Å². The lowest BCUT2D eigenvalue weighted by Gasteiger charge is -2.24. The first kappa shape index (κ1) is 18.1. The van der Waals surface area contributed by atoms with Crippen molar-refractivity contribution >= 4 is 0 Å². The average Bonchev–Trinajstić information content (AvgIpc) is 2.50. The summed E-state index contributed by atoms with van der Waals surface area (Å²) in [5.41, 5.74) is 7.12. The van der Waals surface area contributed by atoms with Crippen LogP contribution in [-0.4, -0.2) is 12.6 Å². The van der Waals surface area contributed by atoms with Crippen LogP contribution in [0.3, 0.4) is 0 Å². The maximum absolute atomic E-state index is 13.0. The molecule has 1 aromatic rings. The van der Waals surface area contributed by atoms with Crippen LogP contribution in [0.25, 0.3) is 0 Å². The number of hydrogen-bond acceptors (Lipinski definition) is 2. The van der Waals surface area contributed by atoms with Gasteiger partial charge < -0.3 is 10.5 Å². The van der Waals surface area contributed by atoms with Crippen LogP contribution in [-0.2, 0) is 4.74 Å². The zero-order valence-corrected chi connectivity index (χ0v) is 13.5. The van der Waals surface area contributed by atoms with Crippen molar-refractivity contribution in [3.8, 4) is 0 Å². The van der Waals surface area contributed by atoms with Crippen LogP contribution in [0.1, 0.15) is 70.5 Å². The smallest absolute Gasteiger partial charge is 0.123 e. The minimum Gasteiger partial charge on any atom is -0.372 e. The van der Waals surface area contributed by atoms with E-state index in [0.717, 1.165) is 25.0 Å². The largest absolute Gasteiger partial charge is 0.372 e. The van der Waals surface area contributed by atoms with Crippen molar-refractivity contribution in [3.05, 3.63) is 35.6 Å². The molecule has 0 aliphatic carbocycles. The molecule has 2 nitrogen and oxygen atoms in total. The number of nitrogens with two attached hydrogens (primary N) is 1. The Morgan fingerprint density at radius 2 is 1.62 bits per heavy atom. The summed E-state index contributed by atoms with van der Waals surface area (Å²) in [5, 5.41) is 0. The Hall–Kier alpha value is -0.930. The molecule has 0 saturated heterocycles. The molecule has 1 rings (SSSR count). The van der Waals surface area contributed by atoms with Gasteiger partial charge in [0.1, 0.15) is 5.82 Å². The second-order valence-electron chi connectivity index (χ2n) is 5.68. The Morgan fingerprint density at radius 1 is 1.00 bits per heavy atom. The predicted molar refractivity (Wildman–Crippen MR) is 86.7 cm³/mol. The number of halogens is 1. The van der Waals surface area contributed by atoms with E-state index in [1.807, 2.05) is 0 Å². The molecule has 0 amide bonds. The number of hydrogen-bond donors (Lipinski definition) is 1. The lowest BCUT2D eigenvalue weighted by atomic mass is 10.0. The lowest BCUT2D eigenvalue weighted by Crippen LogP contribution is -2.29. The Kier molecular flexibility index (Phi) is 9.27. The third-order valence-corrected chi connectivity index (χ3v) is 3.85.